The average molecular weight is 341 g/mol. The lowest BCUT2D eigenvalue weighted by atomic mass is 10.0. The van der Waals surface area contributed by atoms with Gasteiger partial charge in [-0.2, -0.15) is 0 Å². The maximum Gasteiger partial charge on any atom is 0.135 e. The van der Waals surface area contributed by atoms with Gasteiger partial charge >= 0.3 is 0 Å². The molecule has 0 aliphatic rings. The molecule has 0 fully saturated rings. The lowest BCUT2D eigenvalue weighted by Gasteiger charge is -2.09. The number of halogens is 1. The second-order valence-corrected chi connectivity index (χ2v) is 6.45. The zero-order valence-corrected chi connectivity index (χ0v) is 14.0. The van der Waals surface area contributed by atoms with Crippen LogP contribution in [0.25, 0.3) is 32.7 Å². The topological polar surface area (TPSA) is 25.2 Å². The Morgan fingerprint density at radius 3 is 2.42 bits per heavy atom. The van der Waals surface area contributed by atoms with Crippen LogP contribution in [0.2, 0.25) is 0 Å². The summed E-state index contributed by atoms with van der Waals surface area (Å²) in [6.45, 7) is 0.719. The van der Waals surface area contributed by atoms with Crippen LogP contribution >= 0.6 is 0 Å². The number of furan rings is 1. The minimum Gasteiger partial charge on any atom is -0.456 e. The lowest BCUT2D eigenvalue weighted by Crippen LogP contribution is -1.99. The molecule has 5 rings (SSSR count). The number of nitrogens with one attached hydrogen (secondary N) is 1. The molecule has 0 bridgehead atoms. The molecule has 126 valence electrons. The van der Waals surface area contributed by atoms with E-state index in [9.17, 15) is 4.39 Å². The Hall–Kier alpha value is -3.33. The van der Waals surface area contributed by atoms with Gasteiger partial charge in [-0.3, -0.25) is 0 Å². The van der Waals surface area contributed by atoms with Crippen LogP contribution in [0.15, 0.2) is 83.3 Å². The van der Waals surface area contributed by atoms with Crippen LogP contribution in [-0.2, 0) is 6.54 Å². The van der Waals surface area contributed by atoms with E-state index >= 15 is 0 Å². The maximum atomic E-state index is 13.6. The Labute approximate surface area is 149 Å². The van der Waals surface area contributed by atoms with Gasteiger partial charge in [0.25, 0.3) is 0 Å². The number of fused-ring (bicyclic) bond motifs is 4. The quantitative estimate of drug-likeness (QED) is 0.406. The molecule has 0 atom stereocenters. The van der Waals surface area contributed by atoms with Gasteiger partial charge in [0.05, 0.1) is 0 Å². The molecule has 2 nitrogen and oxygen atoms in total. The van der Waals surface area contributed by atoms with Crippen molar-refractivity contribution in [2.24, 2.45) is 0 Å². The van der Waals surface area contributed by atoms with Crippen LogP contribution in [-0.4, -0.2) is 0 Å². The van der Waals surface area contributed by atoms with Crippen molar-refractivity contribution in [1.29, 1.82) is 0 Å². The van der Waals surface area contributed by atoms with Gasteiger partial charge in [0.15, 0.2) is 0 Å². The van der Waals surface area contributed by atoms with Gasteiger partial charge in [0, 0.05) is 23.0 Å². The van der Waals surface area contributed by atoms with Gasteiger partial charge in [-0.15, -0.1) is 0 Å². The number of anilines is 1. The Balaban J connectivity index is 1.51. The molecule has 1 heterocycles. The van der Waals surface area contributed by atoms with Crippen molar-refractivity contribution >= 4 is 38.4 Å². The third-order valence-electron chi connectivity index (χ3n) is 4.79. The predicted molar refractivity (Wildman–Crippen MR) is 105 cm³/mol. The highest BCUT2D eigenvalue weighted by Gasteiger charge is 2.09. The van der Waals surface area contributed by atoms with E-state index in [4.69, 9.17) is 4.42 Å². The summed E-state index contributed by atoms with van der Waals surface area (Å²) in [4.78, 5) is 0. The van der Waals surface area contributed by atoms with Crippen LogP contribution in [0.1, 0.15) is 5.56 Å². The van der Waals surface area contributed by atoms with Crippen LogP contribution in [0.3, 0.4) is 0 Å². The number of hydrogen-bond donors (Lipinski definition) is 1. The summed E-state index contributed by atoms with van der Waals surface area (Å²) in [5, 5.41) is 7.68. The van der Waals surface area contributed by atoms with Crippen molar-refractivity contribution in [3.8, 4) is 0 Å². The third kappa shape index (κ3) is 2.49. The Kier molecular flexibility index (Phi) is 3.39. The van der Waals surface area contributed by atoms with E-state index in [2.05, 4.69) is 47.8 Å². The van der Waals surface area contributed by atoms with E-state index in [1.807, 2.05) is 18.2 Å². The van der Waals surface area contributed by atoms with E-state index in [1.54, 1.807) is 6.07 Å². The van der Waals surface area contributed by atoms with Gasteiger partial charge in [-0.25, -0.2) is 4.39 Å². The van der Waals surface area contributed by atoms with Crippen LogP contribution in [0.5, 0.6) is 0 Å². The monoisotopic (exact) mass is 341 g/mol. The smallest absolute Gasteiger partial charge is 0.135 e. The number of rotatable bonds is 3. The standard InChI is InChI=1S/C23H16FNO/c24-17-8-10-22-20(12-17)21-13-18(9-11-23(21)26-22)25-14-16-6-3-5-15-4-1-2-7-19(15)16/h1-13,25H,14H2. The van der Waals surface area contributed by atoms with Gasteiger partial charge in [-0.1, -0.05) is 42.5 Å². The summed E-state index contributed by atoms with van der Waals surface area (Å²) in [5.41, 5.74) is 3.69. The van der Waals surface area contributed by atoms with E-state index in [-0.39, 0.29) is 5.82 Å². The summed E-state index contributed by atoms with van der Waals surface area (Å²) in [6, 6.07) is 25.3. The molecule has 3 heteroatoms. The first kappa shape index (κ1) is 15.0. The maximum absolute atomic E-state index is 13.6. The molecular weight excluding hydrogens is 325 g/mol. The van der Waals surface area contributed by atoms with Gasteiger partial charge in [0.1, 0.15) is 17.0 Å². The highest BCUT2D eigenvalue weighted by atomic mass is 19.1. The van der Waals surface area contributed by atoms with E-state index < -0.39 is 0 Å². The highest BCUT2D eigenvalue weighted by molar-refractivity contribution is 6.06. The first-order valence-electron chi connectivity index (χ1n) is 8.60. The van der Waals surface area contributed by atoms with Crippen molar-refractivity contribution in [3.63, 3.8) is 0 Å². The lowest BCUT2D eigenvalue weighted by molar-refractivity contribution is 0.626. The molecule has 0 aliphatic carbocycles. The highest BCUT2D eigenvalue weighted by Crippen LogP contribution is 2.31. The molecule has 0 radical (unpaired) electrons. The molecule has 5 aromatic rings. The summed E-state index contributed by atoms with van der Waals surface area (Å²) >= 11 is 0. The van der Waals surface area contributed by atoms with Crippen molar-refractivity contribution in [2.45, 2.75) is 6.54 Å². The van der Waals surface area contributed by atoms with Crippen LogP contribution in [0, 0.1) is 5.82 Å². The summed E-state index contributed by atoms with van der Waals surface area (Å²) in [5.74, 6) is -0.255. The molecule has 0 aliphatic heterocycles. The van der Waals surface area contributed by atoms with E-state index in [0.29, 0.717) is 5.58 Å². The number of benzene rings is 4. The van der Waals surface area contributed by atoms with Crippen molar-refractivity contribution < 1.29 is 8.81 Å². The largest absolute Gasteiger partial charge is 0.456 e. The average Bonchev–Trinajstić information content (AvgIpc) is 3.03. The fourth-order valence-corrected chi connectivity index (χ4v) is 3.50. The molecule has 0 saturated heterocycles. The Bertz CT molecular complexity index is 1250. The first-order chi connectivity index (χ1) is 12.8. The van der Waals surface area contributed by atoms with E-state index in [1.165, 1.54) is 28.5 Å². The SMILES string of the molecule is Fc1ccc2oc3ccc(NCc4cccc5ccccc45)cc3c2c1. The van der Waals surface area contributed by atoms with Crippen molar-refractivity contribution in [3.05, 3.63) is 90.2 Å². The molecule has 4 aromatic carbocycles. The molecule has 0 unspecified atom stereocenters. The molecule has 1 N–H and O–H groups in total. The minimum atomic E-state index is -0.255. The second-order valence-electron chi connectivity index (χ2n) is 6.45. The second kappa shape index (κ2) is 5.88. The summed E-state index contributed by atoms with van der Waals surface area (Å²) in [7, 11) is 0. The molecule has 0 amide bonds. The fourth-order valence-electron chi connectivity index (χ4n) is 3.50. The normalized spacial score (nSPS) is 11.4. The summed E-state index contributed by atoms with van der Waals surface area (Å²) < 4.78 is 19.4. The molecule has 26 heavy (non-hydrogen) atoms. The number of hydrogen-bond acceptors (Lipinski definition) is 2. The third-order valence-corrected chi connectivity index (χ3v) is 4.79. The van der Waals surface area contributed by atoms with Crippen LogP contribution < -0.4 is 5.32 Å². The minimum absolute atomic E-state index is 0.255. The zero-order valence-electron chi connectivity index (χ0n) is 14.0. The predicted octanol–water partition coefficient (Wildman–Crippen LogP) is 6.49. The van der Waals surface area contributed by atoms with Gasteiger partial charge < -0.3 is 9.73 Å². The van der Waals surface area contributed by atoms with E-state index in [0.717, 1.165) is 28.6 Å². The first-order valence-corrected chi connectivity index (χ1v) is 8.60. The van der Waals surface area contributed by atoms with Gasteiger partial charge in [-0.05, 0) is 52.7 Å². The van der Waals surface area contributed by atoms with Crippen LogP contribution in [0.4, 0.5) is 10.1 Å². The molecule has 0 saturated carbocycles. The summed E-state index contributed by atoms with van der Waals surface area (Å²) in [6.07, 6.45) is 0. The fraction of sp³-hybridized carbons (Fsp3) is 0.0435. The van der Waals surface area contributed by atoms with Crippen molar-refractivity contribution in [1.82, 2.24) is 0 Å². The molecule has 0 spiro atoms. The van der Waals surface area contributed by atoms with Gasteiger partial charge in [0.2, 0.25) is 0 Å². The molecular formula is C23H16FNO. The molecule has 1 aromatic heterocycles. The Morgan fingerprint density at radius 2 is 1.50 bits per heavy atom. The zero-order chi connectivity index (χ0) is 17.5. The van der Waals surface area contributed by atoms with Crippen molar-refractivity contribution in [2.75, 3.05) is 5.32 Å². The Morgan fingerprint density at radius 1 is 0.731 bits per heavy atom.